The van der Waals surface area contributed by atoms with Gasteiger partial charge in [0.2, 0.25) is 0 Å². The fourth-order valence-corrected chi connectivity index (χ4v) is 2.67. The van der Waals surface area contributed by atoms with Crippen LogP contribution in [0.1, 0.15) is 35.7 Å². The van der Waals surface area contributed by atoms with E-state index in [1.807, 2.05) is 0 Å². The summed E-state index contributed by atoms with van der Waals surface area (Å²) in [5, 5.41) is 2.73. The molecule has 1 aromatic carbocycles. The van der Waals surface area contributed by atoms with E-state index in [4.69, 9.17) is 5.73 Å². The molecule has 2 rings (SSSR count). The molecule has 0 aromatic heterocycles. The third kappa shape index (κ3) is 4.94. The molecule has 1 amide bonds. The molecule has 6 heteroatoms. The van der Waals surface area contributed by atoms with Gasteiger partial charge in [-0.1, -0.05) is 13.0 Å². The smallest absolute Gasteiger partial charge is 0.251 e. The van der Waals surface area contributed by atoms with Crippen LogP contribution in [0.25, 0.3) is 0 Å². The summed E-state index contributed by atoms with van der Waals surface area (Å²) in [5.74, 6) is 0.490. The van der Waals surface area contributed by atoms with Crippen molar-refractivity contribution in [1.82, 2.24) is 10.2 Å². The fourth-order valence-electron chi connectivity index (χ4n) is 2.67. The number of carbonyl (C=O) groups is 1. The molecule has 1 unspecified atom stereocenters. The van der Waals surface area contributed by atoms with Crippen molar-refractivity contribution in [1.29, 1.82) is 0 Å². The number of nitrogens with two attached hydrogens (primary N) is 1. The molecule has 1 saturated heterocycles. The first-order chi connectivity index (χ1) is 11.0. The van der Waals surface area contributed by atoms with Crippen molar-refractivity contribution in [3.05, 3.63) is 35.1 Å². The van der Waals surface area contributed by atoms with Gasteiger partial charge < -0.3 is 16.0 Å². The maximum Gasteiger partial charge on any atom is 0.251 e. The molecule has 1 atom stereocenters. The molecule has 5 nitrogen and oxygen atoms in total. The average Bonchev–Trinajstić information content (AvgIpc) is 2.53. The van der Waals surface area contributed by atoms with Crippen molar-refractivity contribution in [2.24, 2.45) is 16.6 Å². The number of halogens is 1. The molecule has 3 N–H and O–H groups in total. The zero-order valence-corrected chi connectivity index (χ0v) is 13.8. The maximum absolute atomic E-state index is 13.4. The van der Waals surface area contributed by atoms with Gasteiger partial charge in [0.1, 0.15) is 5.82 Å². The number of benzene rings is 1. The molecule has 1 aliphatic rings. The van der Waals surface area contributed by atoms with Crippen molar-refractivity contribution in [3.63, 3.8) is 0 Å². The largest absolute Gasteiger partial charge is 0.370 e. The Morgan fingerprint density at radius 1 is 1.52 bits per heavy atom. The Balaban J connectivity index is 1.78. The van der Waals surface area contributed by atoms with Crippen LogP contribution in [0.15, 0.2) is 23.2 Å². The summed E-state index contributed by atoms with van der Waals surface area (Å²) in [6.45, 7) is 6.53. The number of carbonyl (C=O) groups excluding carboxylic acids is 1. The Kier molecular flexibility index (Phi) is 5.96. The molecule has 0 radical (unpaired) electrons. The molecule has 0 spiro atoms. The molecule has 0 aliphatic carbocycles. The number of guanidine groups is 1. The number of hydrogen-bond acceptors (Lipinski definition) is 2. The van der Waals surface area contributed by atoms with E-state index in [1.54, 1.807) is 19.1 Å². The Hall–Kier alpha value is -2.11. The molecular weight excluding hydrogens is 295 g/mol. The number of hydrogen-bond donors (Lipinski definition) is 2. The summed E-state index contributed by atoms with van der Waals surface area (Å²) in [6, 6.07) is 4.45. The minimum absolute atomic E-state index is 0.302. The monoisotopic (exact) mass is 320 g/mol. The molecule has 0 bridgehead atoms. The molecule has 1 heterocycles. The highest BCUT2D eigenvalue weighted by Crippen LogP contribution is 2.14. The van der Waals surface area contributed by atoms with Crippen LogP contribution in [0.3, 0.4) is 0 Å². The first-order valence-electron chi connectivity index (χ1n) is 8.06. The lowest BCUT2D eigenvalue weighted by molar-refractivity contribution is 0.0954. The molecule has 1 fully saturated rings. The van der Waals surface area contributed by atoms with Crippen molar-refractivity contribution in [2.75, 3.05) is 26.2 Å². The van der Waals surface area contributed by atoms with Crippen LogP contribution in [0.4, 0.5) is 4.39 Å². The third-order valence-electron chi connectivity index (χ3n) is 4.09. The van der Waals surface area contributed by atoms with Gasteiger partial charge in [-0.25, -0.2) is 4.39 Å². The molecular formula is C17H25FN4O. The number of amides is 1. The van der Waals surface area contributed by atoms with E-state index >= 15 is 0 Å². The molecule has 23 heavy (non-hydrogen) atoms. The van der Waals surface area contributed by atoms with E-state index < -0.39 is 0 Å². The topological polar surface area (TPSA) is 70.7 Å². The van der Waals surface area contributed by atoms with Crippen molar-refractivity contribution in [3.8, 4) is 0 Å². The number of nitrogens with one attached hydrogen (secondary N) is 1. The van der Waals surface area contributed by atoms with Gasteiger partial charge in [-0.05, 0) is 43.4 Å². The van der Waals surface area contributed by atoms with Crippen LogP contribution < -0.4 is 11.1 Å². The second-order valence-corrected chi connectivity index (χ2v) is 6.15. The Labute approximate surface area is 136 Å². The number of rotatable bonds is 4. The van der Waals surface area contributed by atoms with Crippen LogP contribution in [0, 0.1) is 18.7 Å². The lowest BCUT2D eigenvalue weighted by Gasteiger charge is -2.31. The second kappa shape index (κ2) is 7.94. The zero-order chi connectivity index (χ0) is 16.8. The molecule has 1 aliphatic heterocycles. The first kappa shape index (κ1) is 17.2. The van der Waals surface area contributed by atoms with Gasteiger partial charge in [0.25, 0.3) is 5.91 Å². The lowest BCUT2D eigenvalue weighted by Crippen LogP contribution is -2.43. The Morgan fingerprint density at radius 3 is 3.00 bits per heavy atom. The van der Waals surface area contributed by atoms with Gasteiger partial charge in [0, 0.05) is 25.2 Å². The van der Waals surface area contributed by atoms with Crippen LogP contribution in [0.2, 0.25) is 0 Å². The highest BCUT2D eigenvalue weighted by Gasteiger charge is 2.17. The predicted molar refractivity (Wildman–Crippen MR) is 89.9 cm³/mol. The maximum atomic E-state index is 13.4. The van der Waals surface area contributed by atoms with Gasteiger partial charge in [0.05, 0.1) is 6.54 Å². The number of aliphatic imine (C=N–C) groups is 1. The van der Waals surface area contributed by atoms with Gasteiger partial charge in [-0.2, -0.15) is 0 Å². The minimum Gasteiger partial charge on any atom is -0.370 e. The molecule has 0 saturated carbocycles. The van der Waals surface area contributed by atoms with Crippen LogP contribution in [0.5, 0.6) is 0 Å². The van der Waals surface area contributed by atoms with Gasteiger partial charge in [-0.15, -0.1) is 0 Å². The standard InChI is InChI=1S/C17H25FN4O/c1-12-4-3-9-22(11-12)17(19)21-8-7-20-16(23)14-6-5-13(2)15(18)10-14/h5-6,10,12H,3-4,7-9,11H2,1-2H3,(H2,19,21)(H,20,23). The number of nitrogens with zero attached hydrogens (tertiary/aromatic N) is 2. The predicted octanol–water partition coefficient (Wildman–Crippen LogP) is 1.91. The average molecular weight is 320 g/mol. The van der Waals surface area contributed by atoms with Gasteiger partial charge in [0.15, 0.2) is 5.96 Å². The van der Waals surface area contributed by atoms with E-state index in [9.17, 15) is 9.18 Å². The number of likely N-dealkylation sites (tertiary alicyclic amines) is 1. The van der Waals surface area contributed by atoms with Crippen molar-refractivity contribution in [2.45, 2.75) is 26.7 Å². The lowest BCUT2D eigenvalue weighted by atomic mass is 10.0. The zero-order valence-electron chi connectivity index (χ0n) is 13.8. The Bertz CT molecular complexity index is 588. The van der Waals surface area contributed by atoms with E-state index in [0.717, 1.165) is 19.5 Å². The van der Waals surface area contributed by atoms with Gasteiger partial charge >= 0.3 is 0 Å². The van der Waals surface area contributed by atoms with Crippen molar-refractivity contribution >= 4 is 11.9 Å². The quantitative estimate of drug-likeness (QED) is 0.506. The Morgan fingerprint density at radius 2 is 2.30 bits per heavy atom. The van der Waals surface area contributed by atoms with Crippen LogP contribution in [-0.2, 0) is 0 Å². The van der Waals surface area contributed by atoms with Crippen molar-refractivity contribution < 1.29 is 9.18 Å². The summed E-state index contributed by atoms with van der Waals surface area (Å²) < 4.78 is 13.4. The number of piperidine rings is 1. The summed E-state index contributed by atoms with van der Waals surface area (Å²) in [5.41, 5.74) is 6.83. The van der Waals surface area contributed by atoms with Crippen LogP contribution in [-0.4, -0.2) is 42.9 Å². The van der Waals surface area contributed by atoms with E-state index in [2.05, 4.69) is 22.1 Å². The van der Waals surface area contributed by atoms with E-state index in [1.165, 1.54) is 12.5 Å². The third-order valence-corrected chi connectivity index (χ3v) is 4.09. The summed E-state index contributed by atoms with van der Waals surface area (Å²) >= 11 is 0. The van der Waals surface area contributed by atoms with Crippen LogP contribution >= 0.6 is 0 Å². The SMILES string of the molecule is Cc1ccc(C(=O)NCCN=C(N)N2CCCC(C)C2)cc1F. The summed E-state index contributed by atoms with van der Waals surface area (Å²) in [4.78, 5) is 18.3. The second-order valence-electron chi connectivity index (χ2n) is 6.15. The normalized spacial score (nSPS) is 18.8. The van der Waals surface area contributed by atoms with E-state index in [-0.39, 0.29) is 11.7 Å². The summed E-state index contributed by atoms with van der Waals surface area (Å²) in [6.07, 6.45) is 2.36. The fraction of sp³-hybridized carbons (Fsp3) is 0.529. The van der Waals surface area contributed by atoms with E-state index in [0.29, 0.717) is 36.1 Å². The first-order valence-corrected chi connectivity index (χ1v) is 8.06. The minimum atomic E-state index is -0.376. The summed E-state index contributed by atoms with van der Waals surface area (Å²) in [7, 11) is 0. The highest BCUT2D eigenvalue weighted by molar-refractivity contribution is 5.94. The van der Waals surface area contributed by atoms with Gasteiger partial charge in [-0.3, -0.25) is 9.79 Å². The molecule has 126 valence electrons. The molecule has 1 aromatic rings. The highest BCUT2D eigenvalue weighted by atomic mass is 19.1. The number of aryl methyl sites for hydroxylation is 1.